The minimum absolute atomic E-state index is 0.130. The van der Waals surface area contributed by atoms with Gasteiger partial charge in [0.05, 0.1) is 16.9 Å². The van der Waals surface area contributed by atoms with Gasteiger partial charge >= 0.3 is 6.18 Å². The lowest BCUT2D eigenvalue weighted by Gasteiger charge is -2.21. The van der Waals surface area contributed by atoms with Crippen LogP contribution in [0.3, 0.4) is 0 Å². The van der Waals surface area contributed by atoms with E-state index in [0.29, 0.717) is 5.82 Å². The van der Waals surface area contributed by atoms with Crippen molar-refractivity contribution in [1.82, 2.24) is 14.7 Å². The second-order valence-corrected chi connectivity index (χ2v) is 9.36. The van der Waals surface area contributed by atoms with Crippen LogP contribution < -0.4 is 5.32 Å². The number of carbonyl (C=O) groups excluding carboxylic acids is 2. The van der Waals surface area contributed by atoms with Crippen LogP contribution in [-0.2, 0) is 16.4 Å². The van der Waals surface area contributed by atoms with Crippen LogP contribution in [0.5, 0.6) is 0 Å². The van der Waals surface area contributed by atoms with Crippen LogP contribution in [0.2, 0.25) is 0 Å². The third-order valence-corrected chi connectivity index (χ3v) is 5.46. The Balaban J connectivity index is 1.83. The maximum absolute atomic E-state index is 13.1. The molecule has 1 heterocycles. The average Bonchev–Trinajstić information content (AvgIpc) is 3.21. The van der Waals surface area contributed by atoms with Crippen molar-refractivity contribution >= 4 is 17.6 Å². The van der Waals surface area contributed by atoms with Crippen molar-refractivity contribution in [1.29, 1.82) is 0 Å². The molecule has 0 aliphatic carbocycles. The molecular formula is C26H29F3N4O2. The fourth-order valence-electron chi connectivity index (χ4n) is 3.41. The largest absolute Gasteiger partial charge is 0.416 e. The minimum Gasteiger partial charge on any atom is -0.330 e. The Bertz CT molecular complexity index is 1210. The first-order chi connectivity index (χ1) is 16.3. The quantitative estimate of drug-likeness (QED) is 0.493. The summed E-state index contributed by atoms with van der Waals surface area (Å²) in [7, 11) is 0. The molecule has 0 atom stereocenters. The van der Waals surface area contributed by atoms with Crippen LogP contribution in [0.15, 0.2) is 54.6 Å². The number of halogens is 3. The van der Waals surface area contributed by atoms with Crippen molar-refractivity contribution in [3.05, 3.63) is 77.0 Å². The van der Waals surface area contributed by atoms with Crippen LogP contribution >= 0.6 is 0 Å². The third kappa shape index (κ3) is 6.29. The van der Waals surface area contributed by atoms with Gasteiger partial charge in [0, 0.05) is 23.6 Å². The molecule has 3 rings (SSSR count). The van der Waals surface area contributed by atoms with Crippen LogP contribution in [0.4, 0.5) is 19.0 Å². The number of aryl methyl sites for hydroxylation is 1. The first-order valence-electron chi connectivity index (χ1n) is 11.2. The molecule has 0 aliphatic heterocycles. The first kappa shape index (κ1) is 26.0. The van der Waals surface area contributed by atoms with Gasteiger partial charge in [0.25, 0.3) is 5.91 Å². The van der Waals surface area contributed by atoms with Gasteiger partial charge in [-0.15, -0.1) is 0 Å². The molecule has 0 radical (unpaired) electrons. The Kier molecular flexibility index (Phi) is 7.38. The van der Waals surface area contributed by atoms with E-state index in [9.17, 15) is 22.8 Å². The van der Waals surface area contributed by atoms with Gasteiger partial charge in [-0.3, -0.25) is 9.59 Å². The Morgan fingerprint density at radius 3 is 2.26 bits per heavy atom. The van der Waals surface area contributed by atoms with Crippen LogP contribution in [-0.4, -0.2) is 39.6 Å². The van der Waals surface area contributed by atoms with Gasteiger partial charge in [-0.1, -0.05) is 44.5 Å². The monoisotopic (exact) mass is 486 g/mol. The van der Waals surface area contributed by atoms with Gasteiger partial charge in [0.2, 0.25) is 5.91 Å². The standard InChI is InChI=1S/C26H29F3N4O2/c1-6-32(24(35)18-8-7-9-19(14-18)26(27,28)29)16-23(34)30-22-15-21(25(3,4)5)31-33(22)20-12-10-17(2)11-13-20/h7-15H,6,16H2,1-5H3,(H,30,34). The molecule has 186 valence electrons. The SMILES string of the molecule is CCN(CC(=O)Nc1cc(C(C)(C)C)nn1-c1ccc(C)cc1)C(=O)c1cccc(C(F)(F)F)c1. The van der Waals surface area contributed by atoms with E-state index >= 15 is 0 Å². The lowest BCUT2D eigenvalue weighted by Crippen LogP contribution is -2.38. The number of alkyl halides is 3. The highest BCUT2D eigenvalue weighted by atomic mass is 19.4. The number of rotatable bonds is 6. The fourth-order valence-corrected chi connectivity index (χ4v) is 3.41. The summed E-state index contributed by atoms with van der Waals surface area (Å²) in [4.78, 5) is 27.0. The molecule has 0 saturated heterocycles. The minimum atomic E-state index is -4.57. The predicted molar refractivity (Wildman–Crippen MR) is 129 cm³/mol. The second kappa shape index (κ2) is 9.93. The number of anilines is 1. The summed E-state index contributed by atoms with van der Waals surface area (Å²) in [5, 5.41) is 7.47. The first-order valence-corrected chi connectivity index (χ1v) is 11.2. The zero-order valence-corrected chi connectivity index (χ0v) is 20.4. The summed E-state index contributed by atoms with van der Waals surface area (Å²) in [6.45, 7) is 9.47. The molecule has 2 aromatic carbocycles. The number of carbonyl (C=O) groups is 2. The van der Waals surface area contributed by atoms with Crippen molar-refractivity contribution in [2.24, 2.45) is 0 Å². The molecule has 1 aromatic heterocycles. The Hall–Kier alpha value is -3.62. The van der Waals surface area contributed by atoms with Gasteiger partial charge in [-0.2, -0.15) is 18.3 Å². The number of aromatic nitrogens is 2. The number of nitrogens with one attached hydrogen (secondary N) is 1. The molecule has 35 heavy (non-hydrogen) atoms. The second-order valence-electron chi connectivity index (χ2n) is 9.36. The molecule has 0 fully saturated rings. The van der Waals surface area contributed by atoms with Gasteiger partial charge in [0.15, 0.2) is 0 Å². The van der Waals surface area contributed by atoms with E-state index in [1.165, 1.54) is 17.0 Å². The normalized spacial score (nSPS) is 11.9. The average molecular weight is 487 g/mol. The number of amides is 2. The number of hydrogen-bond donors (Lipinski definition) is 1. The van der Waals surface area contributed by atoms with E-state index in [-0.39, 0.29) is 24.1 Å². The molecular weight excluding hydrogens is 457 g/mol. The highest BCUT2D eigenvalue weighted by Gasteiger charge is 2.31. The van der Waals surface area contributed by atoms with Crippen LogP contribution in [0.1, 0.15) is 54.9 Å². The molecule has 2 amide bonds. The van der Waals surface area contributed by atoms with Crippen molar-refractivity contribution in [2.45, 2.75) is 46.2 Å². The lowest BCUT2D eigenvalue weighted by atomic mass is 9.92. The third-order valence-electron chi connectivity index (χ3n) is 5.46. The summed E-state index contributed by atoms with van der Waals surface area (Å²) in [6, 6.07) is 13.6. The van der Waals surface area contributed by atoms with E-state index < -0.39 is 23.6 Å². The van der Waals surface area contributed by atoms with Crippen LogP contribution in [0.25, 0.3) is 5.69 Å². The van der Waals surface area contributed by atoms with Gasteiger partial charge in [-0.05, 0) is 44.2 Å². The highest BCUT2D eigenvalue weighted by Crippen LogP contribution is 2.30. The van der Waals surface area contributed by atoms with Crippen molar-refractivity contribution in [2.75, 3.05) is 18.4 Å². The molecule has 9 heteroatoms. The van der Waals surface area contributed by atoms with E-state index in [4.69, 9.17) is 0 Å². The Labute approximate surface area is 202 Å². The topological polar surface area (TPSA) is 67.2 Å². The molecule has 0 saturated carbocycles. The van der Waals surface area contributed by atoms with Crippen molar-refractivity contribution in [3.8, 4) is 5.69 Å². The number of benzene rings is 2. The number of likely N-dealkylation sites (N-methyl/N-ethyl adjacent to an activating group) is 1. The van der Waals surface area contributed by atoms with Crippen LogP contribution in [0, 0.1) is 6.92 Å². The fraction of sp³-hybridized carbons (Fsp3) is 0.346. The zero-order valence-electron chi connectivity index (χ0n) is 20.4. The molecule has 0 bridgehead atoms. The molecule has 1 N–H and O–H groups in total. The maximum Gasteiger partial charge on any atom is 0.416 e. The van der Waals surface area contributed by atoms with E-state index in [0.717, 1.165) is 29.1 Å². The van der Waals surface area contributed by atoms with Gasteiger partial charge in [0.1, 0.15) is 12.4 Å². The summed E-state index contributed by atoms with van der Waals surface area (Å²) in [5.74, 6) is -0.705. The van der Waals surface area contributed by atoms with E-state index in [2.05, 4.69) is 10.4 Å². The van der Waals surface area contributed by atoms with Crippen molar-refractivity contribution < 1.29 is 22.8 Å². The maximum atomic E-state index is 13.1. The van der Waals surface area contributed by atoms with Crippen molar-refractivity contribution in [3.63, 3.8) is 0 Å². The Morgan fingerprint density at radius 1 is 1.03 bits per heavy atom. The molecule has 3 aromatic rings. The summed E-state index contributed by atoms with van der Waals surface area (Å²) in [6.07, 6.45) is -4.57. The smallest absolute Gasteiger partial charge is 0.330 e. The summed E-state index contributed by atoms with van der Waals surface area (Å²) >= 11 is 0. The Morgan fingerprint density at radius 2 is 1.69 bits per heavy atom. The zero-order chi connectivity index (χ0) is 26.0. The molecule has 6 nitrogen and oxygen atoms in total. The molecule has 0 aliphatic rings. The summed E-state index contributed by atoms with van der Waals surface area (Å²) < 4.78 is 40.8. The predicted octanol–water partition coefficient (Wildman–Crippen LogP) is 5.60. The van der Waals surface area contributed by atoms with Gasteiger partial charge in [-0.25, -0.2) is 4.68 Å². The van der Waals surface area contributed by atoms with E-state index in [1.807, 2.05) is 52.0 Å². The number of hydrogen-bond acceptors (Lipinski definition) is 3. The van der Waals surface area contributed by atoms with Gasteiger partial charge < -0.3 is 10.2 Å². The molecule has 0 spiro atoms. The molecule has 0 unspecified atom stereocenters. The number of nitrogens with zero attached hydrogens (tertiary/aromatic N) is 3. The highest BCUT2D eigenvalue weighted by molar-refractivity contribution is 5.99. The summed E-state index contributed by atoms with van der Waals surface area (Å²) in [5.41, 5.74) is 1.28. The lowest BCUT2D eigenvalue weighted by molar-refractivity contribution is -0.137. The van der Waals surface area contributed by atoms with E-state index in [1.54, 1.807) is 17.7 Å².